The van der Waals surface area contributed by atoms with Crippen LogP contribution in [0.2, 0.25) is 0 Å². The second-order valence-corrected chi connectivity index (χ2v) is 8.58. The van der Waals surface area contributed by atoms with E-state index in [9.17, 15) is 14.4 Å². The van der Waals surface area contributed by atoms with E-state index in [1.165, 1.54) is 23.0 Å². The number of nitrogens with one attached hydrogen (secondary N) is 1. The summed E-state index contributed by atoms with van der Waals surface area (Å²) >= 11 is 2.47. The van der Waals surface area contributed by atoms with Gasteiger partial charge in [0.1, 0.15) is 10.6 Å². The fourth-order valence-corrected chi connectivity index (χ4v) is 4.99. The molecule has 0 unspecified atom stereocenters. The van der Waals surface area contributed by atoms with E-state index in [4.69, 9.17) is 9.15 Å². The molecule has 4 aromatic rings. The Balaban J connectivity index is 1.60. The van der Waals surface area contributed by atoms with Crippen molar-refractivity contribution in [2.24, 2.45) is 0 Å². The summed E-state index contributed by atoms with van der Waals surface area (Å²) in [7, 11) is 1.28. The summed E-state index contributed by atoms with van der Waals surface area (Å²) in [6.07, 6.45) is 3.15. The maximum absolute atomic E-state index is 13.3. The number of methoxy groups -OCH3 is 1. The van der Waals surface area contributed by atoms with E-state index < -0.39 is 5.97 Å². The van der Waals surface area contributed by atoms with Crippen LogP contribution < -0.4 is 10.9 Å². The lowest BCUT2D eigenvalue weighted by Crippen LogP contribution is -2.23. The first-order valence-corrected chi connectivity index (χ1v) is 11.7. The lowest BCUT2D eigenvalue weighted by Gasteiger charge is -2.12. The zero-order chi connectivity index (χ0) is 23.4. The van der Waals surface area contributed by atoms with E-state index in [-0.39, 0.29) is 29.3 Å². The molecule has 0 atom stereocenters. The predicted octanol–water partition coefficient (Wildman–Crippen LogP) is 4.42. The number of thioether (sulfide) groups is 1. The number of furan rings is 1. The summed E-state index contributed by atoms with van der Waals surface area (Å²) in [5, 5.41) is 5.42. The van der Waals surface area contributed by atoms with Crippen molar-refractivity contribution in [3.63, 3.8) is 0 Å². The molecule has 1 N–H and O–H groups in total. The highest BCUT2D eigenvalue weighted by molar-refractivity contribution is 7.99. The van der Waals surface area contributed by atoms with Crippen molar-refractivity contribution >= 4 is 50.9 Å². The Bertz CT molecular complexity index is 1390. The van der Waals surface area contributed by atoms with Crippen molar-refractivity contribution < 1.29 is 18.7 Å². The average molecular weight is 482 g/mol. The van der Waals surface area contributed by atoms with Gasteiger partial charge in [-0.3, -0.25) is 14.2 Å². The molecule has 0 aliphatic carbocycles. The Morgan fingerprint density at radius 2 is 2.12 bits per heavy atom. The van der Waals surface area contributed by atoms with E-state index in [0.29, 0.717) is 32.4 Å². The molecule has 0 saturated heterocycles. The molecule has 0 spiro atoms. The van der Waals surface area contributed by atoms with Gasteiger partial charge in [-0.1, -0.05) is 30.0 Å². The molecule has 0 saturated carbocycles. The van der Waals surface area contributed by atoms with Crippen molar-refractivity contribution in [3.8, 4) is 11.3 Å². The molecular weight excluding hydrogens is 462 g/mol. The number of hydrogen-bond acceptors (Lipinski definition) is 8. The third-order valence-electron chi connectivity index (χ3n) is 4.70. The molecule has 8 nitrogen and oxygen atoms in total. The Hall–Kier alpha value is -3.63. The molecule has 0 bridgehead atoms. The number of rotatable bonds is 8. The zero-order valence-electron chi connectivity index (χ0n) is 17.6. The molecule has 10 heteroatoms. The van der Waals surface area contributed by atoms with Crippen LogP contribution in [0.25, 0.3) is 21.5 Å². The van der Waals surface area contributed by atoms with Crippen LogP contribution in [-0.2, 0) is 16.1 Å². The number of carbonyl (C=O) groups is 2. The predicted molar refractivity (Wildman–Crippen MR) is 129 cm³/mol. The zero-order valence-corrected chi connectivity index (χ0v) is 19.2. The van der Waals surface area contributed by atoms with Crippen molar-refractivity contribution in [3.05, 3.63) is 76.6 Å². The minimum atomic E-state index is -0.546. The Labute approximate surface area is 196 Å². The van der Waals surface area contributed by atoms with Crippen molar-refractivity contribution in [2.45, 2.75) is 11.7 Å². The molecular formula is C23H19N3O5S2. The molecule has 0 aliphatic heterocycles. The van der Waals surface area contributed by atoms with Crippen molar-refractivity contribution in [1.82, 2.24) is 9.55 Å². The number of nitrogens with zero attached hydrogens (tertiary/aromatic N) is 2. The number of benzene rings is 1. The van der Waals surface area contributed by atoms with Gasteiger partial charge < -0.3 is 14.5 Å². The Kier molecular flexibility index (Phi) is 6.76. The number of carbonyl (C=O) groups excluding carboxylic acids is 2. The smallest absolute Gasteiger partial charge is 0.339 e. The number of esters is 1. The maximum Gasteiger partial charge on any atom is 0.339 e. The number of anilines is 1. The highest BCUT2D eigenvalue weighted by atomic mass is 32.2. The first kappa shape index (κ1) is 22.6. The molecule has 1 aromatic carbocycles. The molecule has 3 heterocycles. The van der Waals surface area contributed by atoms with Crippen molar-refractivity contribution in [2.75, 3.05) is 18.2 Å². The largest absolute Gasteiger partial charge is 0.465 e. The van der Waals surface area contributed by atoms with E-state index in [2.05, 4.69) is 16.9 Å². The number of hydrogen-bond donors (Lipinski definition) is 1. The normalized spacial score (nSPS) is 10.8. The second kappa shape index (κ2) is 9.88. The molecule has 33 heavy (non-hydrogen) atoms. The summed E-state index contributed by atoms with van der Waals surface area (Å²) < 4.78 is 11.7. The van der Waals surface area contributed by atoms with Crippen LogP contribution in [0, 0.1) is 0 Å². The minimum absolute atomic E-state index is 0.0129. The second-order valence-electron chi connectivity index (χ2n) is 6.78. The average Bonchev–Trinajstić information content (AvgIpc) is 3.49. The molecule has 4 rings (SSSR count). The van der Waals surface area contributed by atoms with Gasteiger partial charge in [0.25, 0.3) is 5.56 Å². The van der Waals surface area contributed by atoms with Gasteiger partial charge >= 0.3 is 5.97 Å². The quantitative estimate of drug-likeness (QED) is 0.172. The van der Waals surface area contributed by atoms with Gasteiger partial charge in [0.15, 0.2) is 5.16 Å². The molecule has 0 aliphatic rings. The van der Waals surface area contributed by atoms with E-state index in [1.54, 1.807) is 48.7 Å². The number of thiophene rings is 1. The topological polar surface area (TPSA) is 103 Å². The first-order chi connectivity index (χ1) is 16.0. The third kappa shape index (κ3) is 4.62. The molecule has 0 fully saturated rings. The number of fused-ring (bicyclic) bond motifs is 1. The Morgan fingerprint density at radius 1 is 1.30 bits per heavy atom. The van der Waals surface area contributed by atoms with Crippen LogP contribution in [0.5, 0.6) is 0 Å². The van der Waals surface area contributed by atoms with Crippen LogP contribution in [0.1, 0.15) is 10.4 Å². The standard InChI is InChI=1S/C23H19N3O5S2/c1-3-10-26-21(28)19-15(17-9-6-11-31-17)12-32-20(19)25-23(26)33-13-18(27)24-16-8-5-4-7-14(16)22(29)30-2/h3-9,11-12H,1,10,13H2,2H3,(H,24,27). The van der Waals surface area contributed by atoms with Crippen LogP contribution >= 0.6 is 23.1 Å². The molecule has 168 valence electrons. The maximum atomic E-state index is 13.3. The summed E-state index contributed by atoms with van der Waals surface area (Å²) in [4.78, 5) is 43.0. The van der Waals surface area contributed by atoms with Crippen LogP contribution in [0.3, 0.4) is 0 Å². The van der Waals surface area contributed by atoms with Gasteiger partial charge in [-0.2, -0.15) is 0 Å². The SMILES string of the molecule is C=CCn1c(SCC(=O)Nc2ccccc2C(=O)OC)nc2scc(-c3ccco3)c2c1=O. The molecule has 0 radical (unpaired) electrons. The van der Waals surface area contributed by atoms with Gasteiger partial charge in [-0.05, 0) is 24.3 Å². The first-order valence-electron chi connectivity index (χ1n) is 9.80. The lowest BCUT2D eigenvalue weighted by molar-refractivity contribution is -0.113. The molecule has 3 aromatic heterocycles. The highest BCUT2D eigenvalue weighted by Gasteiger charge is 2.19. The fraction of sp³-hybridized carbons (Fsp3) is 0.130. The van der Waals surface area contributed by atoms with Crippen LogP contribution in [0.15, 0.2) is 75.1 Å². The summed E-state index contributed by atoms with van der Waals surface area (Å²) in [6.45, 7) is 3.97. The summed E-state index contributed by atoms with van der Waals surface area (Å²) in [5.41, 5.74) is 1.06. The number of amides is 1. The lowest BCUT2D eigenvalue weighted by atomic mass is 10.2. The third-order valence-corrected chi connectivity index (χ3v) is 6.54. The minimum Gasteiger partial charge on any atom is -0.465 e. The monoisotopic (exact) mass is 481 g/mol. The highest BCUT2D eigenvalue weighted by Crippen LogP contribution is 2.32. The van der Waals surface area contributed by atoms with E-state index >= 15 is 0 Å². The van der Waals surface area contributed by atoms with Gasteiger partial charge in [-0.25, -0.2) is 9.78 Å². The van der Waals surface area contributed by atoms with Gasteiger partial charge in [0.05, 0.1) is 35.8 Å². The number of allylic oxidation sites excluding steroid dienone is 1. The van der Waals surface area contributed by atoms with E-state index in [1.807, 2.05) is 5.38 Å². The number of aromatic nitrogens is 2. The van der Waals surface area contributed by atoms with Gasteiger partial charge in [-0.15, -0.1) is 17.9 Å². The van der Waals surface area contributed by atoms with Gasteiger partial charge in [0, 0.05) is 17.5 Å². The van der Waals surface area contributed by atoms with E-state index in [0.717, 1.165) is 11.8 Å². The molecule has 1 amide bonds. The number of ether oxygens (including phenoxy) is 1. The summed E-state index contributed by atoms with van der Waals surface area (Å²) in [6, 6.07) is 10.1. The van der Waals surface area contributed by atoms with Crippen molar-refractivity contribution in [1.29, 1.82) is 0 Å². The number of para-hydroxylation sites is 1. The van der Waals surface area contributed by atoms with Crippen LogP contribution in [0.4, 0.5) is 5.69 Å². The Morgan fingerprint density at radius 3 is 2.85 bits per heavy atom. The summed E-state index contributed by atoms with van der Waals surface area (Å²) in [5.74, 6) is -0.315. The van der Waals surface area contributed by atoms with Gasteiger partial charge in [0.2, 0.25) is 5.91 Å². The fourth-order valence-electron chi connectivity index (χ4n) is 3.22. The van der Waals surface area contributed by atoms with Crippen LogP contribution in [-0.4, -0.2) is 34.3 Å².